The molecule has 2 amide bonds. The Hall–Kier alpha value is -3.58. The highest BCUT2D eigenvalue weighted by atomic mass is 16.6. The van der Waals surface area contributed by atoms with E-state index >= 15 is 0 Å². The van der Waals surface area contributed by atoms with Crippen LogP contribution in [0.3, 0.4) is 0 Å². The highest BCUT2D eigenvalue weighted by Gasteiger charge is 2.35. The third-order valence-corrected chi connectivity index (χ3v) is 8.05. The molecule has 1 aliphatic carbocycles. The molecule has 0 unspecified atom stereocenters. The smallest absolute Gasteiger partial charge is 0.405 e. The average molecular weight is 631 g/mol. The Morgan fingerprint density at radius 2 is 1.78 bits per heavy atom. The molecule has 12 heteroatoms. The largest absolute Gasteiger partial charge is 0.439 e. The van der Waals surface area contributed by atoms with Gasteiger partial charge >= 0.3 is 6.09 Å². The minimum absolute atomic E-state index is 0.0681. The Morgan fingerprint density at radius 3 is 2.36 bits per heavy atom. The van der Waals surface area contributed by atoms with Crippen molar-refractivity contribution in [3.8, 4) is 0 Å². The number of rotatable bonds is 7. The van der Waals surface area contributed by atoms with Crippen molar-refractivity contribution in [2.24, 2.45) is 17.6 Å². The molecule has 0 spiro atoms. The summed E-state index contributed by atoms with van der Waals surface area (Å²) in [6.07, 6.45) is 2.75. The number of allylic oxidation sites excluding steroid dienone is 4. The van der Waals surface area contributed by atoms with Gasteiger partial charge in [-0.1, -0.05) is 38.2 Å². The Balaban J connectivity index is 2.66. The molecule has 0 aromatic heterocycles. The van der Waals surface area contributed by atoms with E-state index in [9.17, 15) is 24.3 Å². The first-order valence-electron chi connectivity index (χ1n) is 15.1. The van der Waals surface area contributed by atoms with Gasteiger partial charge in [0.05, 0.1) is 23.6 Å². The second-order valence-electron chi connectivity index (χ2n) is 12.1. The number of nitrogens with two attached hydrogens (primary N) is 1. The van der Waals surface area contributed by atoms with Gasteiger partial charge in [-0.15, -0.1) is 0 Å². The number of ketones is 2. The fourth-order valence-corrected chi connectivity index (χ4v) is 5.40. The van der Waals surface area contributed by atoms with Gasteiger partial charge in [0, 0.05) is 49.9 Å². The lowest BCUT2D eigenvalue weighted by atomic mass is 9.83. The number of carbonyl (C=O) groups is 4. The van der Waals surface area contributed by atoms with Gasteiger partial charge in [-0.25, -0.2) is 4.79 Å². The number of nitrogens with one attached hydrogen (secondary N) is 2. The number of Topliss-reactive ketones (excluding diaryl/α,β-unsaturated/α-hetero) is 2. The van der Waals surface area contributed by atoms with Crippen molar-refractivity contribution in [3.05, 3.63) is 58.0 Å². The number of amides is 2. The van der Waals surface area contributed by atoms with Crippen LogP contribution in [0.25, 0.3) is 0 Å². The fourth-order valence-electron chi connectivity index (χ4n) is 5.40. The van der Waals surface area contributed by atoms with Gasteiger partial charge in [0.25, 0.3) is 5.91 Å². The van der Waals surface area contributed by atoms with Crippen LogP contribution in [0.1, 0.15) is 47.5 Å². The van der Waals surface area contributed by atoms with E-state index in [0.717, 1.165) is 0 Å². The van der Waals surface area contributed by atoms with E-state index in [1.165, 1.54) is 27.2 Å². The summed E-state index contributed by atoms with van der Waals surface area (Å²) in [5.41, 5.74) is 6.78. The van der Waals surface area contributed by atoms with Gasteiger partial charge in [0.2, 0.25) is 11.6 Å². The van der Waals surface area contributed by atoms with Gasteiger partial charge < -0.3 is 40.6 Å². The van der Waals surface area contributed by atoms with Gasteiger partial charge in [-0.05, 0) is 59.2 Å². The SMILES string of the molecule is CO[C@H]1/C=C\C=C(/C)C(=O)NC2=C(C)C(=O)C(NCCN(C)C)=C(C[C@@H](C)C[C@H](OC)[C@H](O)[C@@H](C)/C=C(\C)[C@@H]1OC(N)=O)C2=O. The van der Waals surface area contributed by atoms with E-state index in [4.69, 9.17) is 19.9 Å². The van der Waals surface area contributed by atoms with Crippen molar-refractivity contribution >= 4 is 23.6 Å². The van der Waals surface area contributed by atoms with E-state index in [2.05, 4.69) is 10.6 Å². The van der Waals surface area contributed by atoms with Crippen molar-refractivity contribution in [1.29, 1.82) is 0 Å². The zero-order chi connectivity index (χ0) is 34.0. The summed E-state index contributed by atoms with van der Waals surface area (Å²) in [4.78, 5) is 54.4. The Bertz CT molecular complexity index is 1280. The zero-order valence-electron chi connectivity index (χ0n) is 27.9. The van der Waals surface area contributed by atoms with Gasteiger partial charge in [0.1, 0.15) is 6.10 Å². The molecule has 1 aliphatic heterocycles. The number of carbonyl (C=O) groups excluding carboxylic acids is 4. The number of primary amides is 1. The lowest BCUT2D eigenvalue weighted by Gasteiger charge is -2.30. The molecule has 0 fully saturated rings. The van der Waals surface area contributed by atoms with E-state index in [1.807, 2.05) is 32.8 Å². The number of fused-ring (bicyclic) bond motifs is 2. The summed E-state index contributed by atoms with van der Waals surface area (Å²) in [7, 11) is 6.76. The molecular formula is C33H50N4O8. The number of nitrogens with zero attached hydrogens (tertiary/aromatic N) is 1. The summed E-state index contributed by atoms with van der Waals surface area (Å²) in [6.45, 7) is 9.63. The number of hydrogen-bond donors (Lipinski definition) is 4. The monoisotopic (exact) mass is 630 g/mol. The van der Waals surface area contributed by atoms with Crippen molar-refractivity contribution in [3.63, 3.8) is 0 Å². The topological polar surface area (TPSA) is 170 Å². The summed E-state index contributed by atoms with van der Waals surface area (Å²) < 4.78 is 16.7. The number of hydrogen-bond acceptors (Lipinski definition) is 10. The van der Waals surface area contributed by atoms with Crippen LogP contribution in [-0.4, -0.2) is 99.4 Å². The number of aliphatic hydroxyl groups excluding tert-OH is 1. The van der Waals surface area contributed by atoms with E-state index in [0.29, 0.717) is 25.1 Å². The van der Waals surface area contributed by atoms with Crippen molar-refractivity contribution in [2.75, 3.05) is 41.4 Å². The molecular weight excluding hydrogens is 580 g/mol. The first kappa shape index (κ1) is 37.6. The van der Waals surface area contributed by atoms with Crippen LogP contribution in [0.2, 0.25) is 0 Å². The first-order valence-corrected chi connectivity index (χ1v) is 15.1. The third-order valence-electron chi connectivity index (χ3n) is 8.05. The second kappa shape index (κ2) is 17.2. The van der Waals surface area contributed by atoms with Gasteiger partial charge in [0.15, 0.2) is 6.10 Å². The quantitative estimate of drug-likeness (QED) is 0.242. The molecule has 0 aromatic rings. The van der Waals surface area contributed by atoms with Crippen molar-refractivity contribution < 1.29 is 38.5 Å². The first-order chi connectivity index (χ1) is 21.1. The summed E-state index contributed by atoms with van der Waals surface area (Å²) in [5, 5.41) is 17.1. The van der Waals surface area contributed by atoms with Gasteiger partial charge in [-0.3, -0.25) is 14.4 Å². The maximum absolute atomic E-state index is 13.9. The van der Waals surface area contributed by atoms with Crippen LogP contribution in [0.15, 0.2) is 58.0 Å². The predicted octanol–water partition coefficient (Wildman–Crippen LogP) is 2.30. The summed E-state index contributed by atoms with van der Waals surface area (Å²) >= 11 is 0. The highest BCUT2D eigenvalue weighted by Crippen LogP contribution is 2.30. The molecule has 0 saturated carbocycles. The lowest BCUT2D eigenvalue weighted by molar-refractivity contribution is -0.120. The molecule has 2 bridgehead atoms. The van der Waals surface area contributed by atoms with Gasteiger partial charge in [-0.2, -0.15) is 0 Å². The van der Waals surface area contributed by atoms with Crippen molar-refractivity contribution in [2.45, 2.75) is 71.9 Å². The van der Waals surface area contributed by atoms with Crippen LogP contribution in [0.5, 0.6) is 0 Å². The summed E-state index contributed by atoms with van der Waals surface area (Å²) in [6, 6.07) is 0. The molecule has 0 aromatic carbocycles. The Kier molecular flexibility index (Phi) is 14.4. The fraction of sp³-hybridized carbons (Fsp3) is 0.576. The molecule has 6 atom stereocenters. The van der Waals surface area contributed by atoms with Crippen LogP contribution < -0.4 is 16.4 Å². The number of likely N-dealkylation sites (N-methyl/N-ethyl adjacent to an activating group) is 1. The number of methoxy groups -OCH3 is 2. The summed E-state index contributed by atoms with van der Waals surface area (Å²) in [5.74, 6) is -2.00. The Labute approximate surface area is 266 Å². The predicted molar refractivity (Wildman–Crippen MR) is 171 cm³/mol. The molecule has 12 nitrogen and oxygen atoms in total. The minimum Gasteiger partial charge on any atom is -0.439 e. The Morgan fingerprint density at radius 1 is 1.11 bits per heavy atom. The zero-order valence-corrected chi connectivity index (χ0v) is 27.9. The normalized spacial score (nSPS) is 30.8. The van der Waals surface area contributed by atoms with E-state index in [1.54, 1.807) is 32.1 Å². The maximum Gasteiger partial charge on any atom is 0.405 e. The van der Waals surface area contributed by atoms with Crippen LogP contribution in [0, 0.1) is 11.8 Å². The minimum atomic E-state index is -0.997. The third kappa shape index (κ3) is 10.2. The van der Waals surface area contributed by atoms with Crippen LogP contribution >= 0.6 is 0 Å². The molecule has 0 saturated heterocycles. The average Bonchev–Trinajstić information content (AvgIpc) is 2.98. The van der Waals surface area contributed by atoms with E-state index in [-0.39, 0.29) is 46.2 Å². The maximum atomic E-state index is 13.9. The molecule has 5 N–H and O–H groups in total. The standard InChI is InChI=1S/C33H50N4O8/c1-18-15-23-27(35-13-14-37(6)7)29(39)22(5)26(30(23)40)36-32(41)19(2)11-10-12-24(43-8)31(45-33(34)42)21(4)17-20(3)28(38)25(16-18)44-9/h10-12,17-18,20,24-25,28,31,35,38H,13-16H2,1-9H3,(H2,34,42)(H,36,41)/b12-10-,19-11+,21-17+/t18-,20+,24+,25+,28-,31+/m1/s1. The molecule has 2 aliphatic rings. The highest BCUT2D eigenvalue weighted by molar-refractivity contribution is 6.25. The molecule has 1 heterocycles. The van der Waals surface area contributed by atoms with Crippen molar-refractivity contribution in [1.82, 2.24) is 15.5 Å². The van der Waals surface area contributed by atoms with E-state index < -0.39 is 48.1 Å². The number of aliphatic hydroxyl groups is 1. The molecule has 2 rings (SSSR count). The number of ether oxygens (including phenoxy) is 3. The van der Waals surface area contributed by atoms with Crippen LogP contribution in [0.4, 0.5) is 4.79 Å². The lowest BCUT2D eigenvalue weighted by Crippen LogP contribution is -2.40. The molecule has 0 radical (unpaired) electrons. The second-order valence-corrected chi connectivity index (χ2v) is 12.1. The molecule has 250 valence electrons. The van der Waals surface area contributed by atoms with Crippen LogP contribution in [-0.2, 0) is 28.6 Å². The molecule has 45 heavy (non-hydrogen) atoms.